The van der Waals surface area contributed by atoms with Gasteiger partial charge in [-0.2, -0.15) is 5.10 Å². The Kier molecular flexibility index (Phi) is 6.48. The Morgan fingerprint density at radius 1 is 1.13 bits per heavy atom. The van der Waals surface area contributed by atoms with E-state index in [1.165, 1.54) is 23.1 Å². The molecule has 0 aliphatic heterocycles. The van der Waals surface area contributed by atoms with Crippen LogP contribution >= 0.6 is 23.1 Å². The largest absolute Gasteiger partial charge is 0.497 e. The maximum atomic E-state index is 12.5. The summed E-state index contributed by atoms with van der Waals surface area (Å²) in [6.07, 6.45) is 0. The van der Waals surface area contributed by atoms with Crippen LogP contribution in [0.15, 0.2) is 65.0 Å². The van der Waals surface area contributed by atoms with Gasteiger partial charge in [0.1, 0.15) is 11.6 Å². The highest BCUT2D eigenvalue weighted by Gasteiger charge is 2.13. The maximum absolute atomic E-state index is 12.5. The van der Waals surface area contributed by atoms with E-state index in [0.717, 1.165) is 22.8 Å². The number of rotatable bonds is 8. The summed E-state index contributed by atoms with van der Waals surface area (Å²) in [4.78, 5) is 12.5. The van der Waals surface area contributed by atoms with Crippen LogP contribution in [-0.2, 0) is 4.79 Å². The van der Waals surface area contributed by atoms with Gasteiger partial charge in [0.05, 0.1) is 24.2 Å². The van der Waals surface area contributed by atoms with Crippen LogP contribution in [0.25, 0.3) is 5.69 Å². The van der Waals surface area contributed by atoms with Gasteiger partial charge in [-0.1, -0.05) is 47.4 Å². The van der Waals surface area contributed by atoms with Crippen molar-refractivity contribution in [3.63, 3.8) is 0 Å². The molecule has 4 aromatic rings. The van der Waals surface area contributed by atoms with Gasteiger partial charge in [0.25, 0.3) is 0 Å². The Balaban J connectivity index is 1.35. The van der Waals surface area contributed by atoms with E-state index in [0.29, 0.717) is 15.3 Å². The Hall–Kier alpha value is -3.37. The average Bonchev–Trinajstić information content (AvgIpc) is 3.39. The third-order valence-corrected chi connectivity index (χ3v) is 6.13. The third kappa shape index (κ3) is 5.41. The number of carbonyl (C=O) groups excluding carboxylic acids is 1. The summed E-state index contributed by atoms with van der Waals surface area (Å²) in [5.41, 5.74) is 2.56. The molecule has 0 spiro atoms. The number of amides is 1. The number of carbonyl (C=O) groups is 1. The third-order valence-electron chi connectivity index (χ3n) is 4.15. The Morgan fingerprint density at radius 3 is 2.77 bits per heavy atom. The molecule has 2 heterocycles. The number of methoxy groups -OCH3 is 1. The number of thioether (sulfide) groups is 1. The summed E-state index contributed by atoms with van der Waals surface area (Å²) in [6.45, 7) is 1.89. The quantitative estimate of drug-likeness (QED) is 0.380. The summed E-state index contributed by atoms with van der Waals surface area (Å²) in [7, 11) is 1.62. The van der Waals surface area contributed by atoms with Crippen molar-refractivity contribution in [1.82, 2.24) is 20.0 Å². The van der Waals surface area contributed by atoms with Crippen molar-refractivity contribution < 1.29 is 9.53 Å². The smallest absolute Gasteiger partial charge is 0.235 e. The predicted octanol–water partition coefficient (Wildman–Crippen LogP) is 4.52. The second-order valence-electron chi connectivity index (χ2n) is 6.49. The van der Waals surface area contributed by atoms with Crippen LogP contribution in [0, 0.1) is 6.92 Å². The zero-order valence-corrected chi connectivity index (χ0v) is 18.5. The first-order valence-corrected chi connectivity index (χ1v) is 11.2. The van der Waals surface area contributed by atoms with Crippen molar-refractivity contribution in [2.45, 2.75) is 11.3 Å². The van der Waals surface area contributed by atoms with Crippen molar-refractivity contribution in [1.29, 1.82) is 0 Å². The summed E-state index contributed by atoms with van der Waals surface area (Å²) in [6, 6.07) is 19.1. The Bertz CT molecular complexity index is 1180. The molecule has 0 saturated heterocycles. The van der Waals surface area contributed by atoms with Crippen molar-refractivity contribution in [2.24, 2.45) is 0 Å². The topological polar surface area (TPSA) is 94.0 Å². The molecule has 2 aromatic heterocycles. The molecule has 2 aromatic carbocycles. The molecule has 0 atom stereocenters. The monoisotopic (exact) mass is 452 g/mol. The van der Waals surface area contributed by atoms with Crippen molar-refractivity contribution >= 4 is 45.6 Å². The second-order valence-corrected chi connectivity index (χ2v) is 8.69. The van der Waals surface area contributed by atoms with E-state index in [9.17, 15) is 4.79 Å². The van der Waals surface area contributed by atoms with Crippen LogP contribution in [-0.4, -0.2) is 38.7 Å². The fourth-order valence-electron chi connectivity index (χ4n) is 2.80. The zero-order chi connectivity index (χ0) is 21.6. The molecule has 0 fully saturated rings. The molecule has 2 N–H and O–H groups in total. The van der Waals surface area contributed by atoms with Gasteiger partial charge in [-0.15, -0.1) is 10.2 Å². The number of aromatic nitrogens is 4. The molecule has 0 saturated carbocycles. The maximum Gasteiger partial charge on any atom is 0.235 e. The number of anilines is 3. The highest BCUT2D eigenvalue weighted by Crippen LogP contribution is 2.29. The van der Waals surface area contributed by atoms with Gasteiger partial charge in [0.15, 0.2) is 4.34 Å². The molecule has 10 heteroatoms. The number of benzene rings is 2. The molecule has 31 heavy (non-hydrogen) atoms. The van der Waals surface area contributed by atoms with Crippen LogP contribution in [0.3, 0.4) is 0 Å². The minimum absolute atomic E-state index is 0.139. The normalized spacial score (nSPS) is 10.6. The van der Waals surface area contributed by atoms with Gasteiger partial charge in [-0.05, 0) is 31.2 Å². The lowest BCUT2D eigenvalue weighted by Crippen LogP contribution is -2.16. The van der Waals surface area contributed by atoms with Gasteiger partial charge < -0.3 is 15.4 Å². The highest BCUT2D eigenvalue weighted by molar-refractivity contribution is 8.01. The minimum atomic E-state index is -0.139. The van der Waals surface area contributed by atoms with Gasteiger partial charge in [0, 0.05) is 17.8 Å². The van der Waals surface area contributed by atoms with E-state index in [1.807, 2.05) is 67.6 Å². The first-order chi connectivity index (χ1) is 15.1. The number of hydrogen-bond acceptors (Lipinski definition) is 8. The molecule has 0 aliphatic rings. The van der Waals surface area contributed by atoms with E-state index in [4.69, 9.17) is 4.74 Å². The summed E-state index contributed by atoms with van der Waals surface area (Å²) in [5, 5.41) is 19.5. The highest BCUT2D eigenvalue weighted by atomic mass is 32.2. The zero-order valence-electron chi connectivity index (χ0n) is 16.9. The van der Waals surface area contributed by atoms with Crippen molar-refractivity contribution in [3.8, 4) is 11.4 Å². The average molecular weight is 453 g/mol. The number of nitrogens with zero attached hydrogens (tertiary/aromatic N) is 4. The number of para-hydroxylation sites is 1. The Labute approximate surface area is 187 Å². The van der Waals surface area contributed by atoms with Crippen molar-refractivity contribution in [3.05, 3.63) is 66.4 Å². The molecule has 0 aliphatic carbocycles. The van der Waals surface area contributed by atoms with Crippen LogP contribution in [0.5, 0.6) is 5.75 Å². The molecule has 0 bridgehead atoms. The lowest BCUT2D eigenvalue weighted by Gasteiger charge is -2.08. The molecule has 158 valence electrons. The molecule has 0 radical (unpaired) electrons. The van der Waals surface area contributed by atoms with Gasteiger partial charge >= 0.3 is 0 Å². The Morgan fingerprint density at radius 2 is 1.97 bits per heavy atom. The predicted molar refractivity (Wildman–Crippen MR) is 124 cm³/mol. The number of nitrogens with one attached hydrogen (secondary N) is 2. The molecular weight excluding hydrogens is 432 g/mol. The van der Waals surface area contributed by atoms with E-state index < -0.39 is 0 Å². The summed E-state index contributed by atoms with van der Waals surface area (Å²) >= 11 is 2.72. The lowest BCUT2D eigenvalue weighted by atomic mass is 10.3. The fraction of sp³-hybridized carbons (Fsp3) is 0.143. The van der Waals surface area contributed by atoms with Crippen molar-refractivity contribution in [2.75, 3.05) is 23.5 Å². The van der Waals surface area contributed by atoms with Gasteiger partial charge in [0.2, 0.25) is 11.0 Å². The van der Waals surface area contributed by atoms with E-state index in [-0.39, 0.29) is 11.7 Å². The first-order valence-electron chi connectivity index (χ1n) is 9.40. The van der Waals surface area contributed by atoms with E-state index in [1.54, 1.807) is 11.8 Å². The molecule has 1 amide bonds. The van der Waals surface area contributed by atoms with E-state index in [2.05, 4.69) is 25.9 Å². The minimum Gasteiger partial charge on any atom is -0.497 e. The number of ether oxygens (including phenoxy) is 1. The summed E-state index contributed by atoms with van der Waals surface area (Å²) < 4.78 is 7.65. The van der Waals surface area contributed by atoms with Crippen LogP contribution in [0.2, 0.25) is 0 Å². The van der Waals surface area contributed by atoms with E-state index >= 15 is 0 Å². The molecule has 0 unspecified atom stereocenters. The second kappa shape index (κ2) is 9.63. The summed E-state index contributed by atoms with van der Waals surface area (Å²) in [5.74, 6) is 1.46. The fourth-order valence-corrected chi connectivity index (χ4v) is 4.38. The number of hydrogen-bond donors (Lipinski definition) is 2. The van der Waals surface area contributed by atoms with Crippen LogP contribution < -0.4 is 15.4 Å². The molecular formula is C21H20N6O2S2. The van der Waals surface area contributed by atoms with Gasteiger partial charge in [-0.3, -0.25) is 4.79 Å². The molecule has 8 nitrogen and oxygen atoms in total. The lowest BCUT2D eigenvalue weighted by molar-refractivity contribution is -0.113. The SMILES string of the molecule is COc1cccc(Nc2nnc(SCC(=O)Nc3cc(C)nn3-c3ccccc3)s2)c1. The van der Waals surface area contributed by atoms with Gasteiger partial charge in [-0.25, -0.2) is 4.68 Å². The van der Waals surface area contributed by atoms with Crippen LogP contribution in [0.1, 0.15) is 5.69 Å². The molecule has 4 rings (SSSR count). The first kappa shape index (κ1) is 20.9. The number of aryl methyl sites for hydroxylation is 1. The van der Waals surface area contributed by atoms with Crippen LogP contribution in [0.4, 0.5) is 16.6 Å². The standard InChI is InChI=1S/C21H20N6O2S2/c1-14-11-18(27(26-14)16-8-4-3-5-9-16)23-19(28)13-30-21-25-24-20(31-21)22-15-7-6-10-17(12-15)29-2/h3-12H,13H2,1-2H3,(H,22,24)(H,23,28).